The minimum atomic E-state index is -3.87. The average Bonchev–Trinajstić information content (AvgIpc) is 2.38. The molecule has 1 aliphatic heterocycles. The molecule has 0 aromatic carbocycles. The van der Waals surface area contributed by atoms with Gasteiger partial charge in [0.15, 0.2) is 5.75 Å². The molecule has 20 heavy (non-hydrogen) atoms. The number of piperidine rings is 1. The fourth-order valence-electron chi connectivity index (χ4n) is 2.13. The molecule has 0 atom stereocenters. The molecule has 0 bridgehead atoms. The summed E-state index contributed by atoms with van der Waals surface area (Å²) in [6.45, 7) is 1.91. The van der Waals surface area contributed by atoms with Crippen LogP contribution in [0.3, 0.4) is 0 Å². The number of aromatic nitrogens is 1. The molecular weight excluding hydrogens is 282 g/mol. The number of rotatable bonds is 5. The lowest BCUT2D eigenvalue weighted by atomic mass is 10.1. The number of nitrogens with one attached hydrogen (secondary N) is 1. The van der Waals surface area contributed by atoms with Gasteiger partial charge in [0.1, 0.15) is 5.82 Å². The summed E-state index contributed by atoms with van der Waals surface area (Å²) in [5.41, 5.74) is 0.270. The van der Waals surface area contributed by atoms with E-state index in [0.29, 0.717) is 0 Å². The van der Waals surface area contributed by atoms with Crippen LogP contribution in [0, 0.1) is 0 Å². The number of aliphatic carboxylic acids is 1. The van der Waals surface area contributed by atoms with E-state index in [1.54, 1.807) is 12.1 Å². The summed E-state index contributed by atoms with van der Waals surface area (Å²) in [6, 6.07) is 3.33. The second-order valence-electron chi connectivity index (χ2n) is 4.71. The average molecular weight is 299 g/mol. The maximum Gasteiger partial charge on any atom is 0.320 e. The Morgan fingerprint density at radius 3 is 2.55 bits per heavy atom. The number of carboxylic acids is 1. The summed E-state index contributed by atoms with van der Waals surface area (Å²) >= 11 is 0. The fraction of sp³-hybridized carbons (Fsp3) is 0.500. The van der Waals surface area contributed by atoms with Gasteiger partial charge < -0.3 is 10.0 Å². The van der Waals surface area contributed by atoms with Gasteiger partial charge in [-0.25, -0.2) is 13.4 Å². The normalized spacial score (nSPS) is 15.9. The minimum absolute atomic E-state index is 0.270. The van der Waals surface area contributed by atoms with E-state index in [2.05, 4.69) is 14.6 Å². The van der Waals surface area contributed by atoms with Crippen molar-refractivity contribution in [2.75, 3.05) is 28.5 Å². The lowest BCUT2D eigenvalue weighted by Crippen LogP contribution is -2.30. The first kappa shape index (κ1) is 14.6. The standard InChI is InChI=1S/C12H17N3O4S/c16-12(17)9-20(18,19)14-10-4-5-11(13-8-10)15-6-2-1-3-7-15/h4-5,8,14H,1-3,6-7,9H2,(H,16,17). The molecular formula is C12H17N3O4S. The number of hydrogen-bond acceptors (Lipinski definition) is 5. The van der Waals surface area contributed by atoms with Crippen molar-refractivity contribution < 1.29 is 18.3 Å². The largest absolute Gasteiger partial charge is 0.480 e. The van der Waals surface area contributed by atoms with Gasteiger partial charge in [-0.2, -0.15) is 0 Å². The van der Waals surface area contributed by atoms with Gasteiger partial charge in [0.05, 0.1) is 11.9 Å². The lowest BCUT2D eigenvalue weighted by molar-refractivity contribution is -0.134. The Balaban J connectivity index is 2.02. The zero-order valence-electron chi connectivity index (χ0n) is 10.9. The van der Waals surface area contributed by atoms with Crippen molar-refractivity contribution >= 4 is 27.5 Å². The molecule has 7 nitrogen and oxygen atoms in total. The van der Waals surface area contributed by atoms with E-state index < -0.39 is 21.7 Å². The van der Waals surface area contributed by atoms with E-state index >= 15 is 0 Å². The third kappa shape index (κ3) is 4.09. The predicted octanol–water partition coefficient (Wildman–Crippen LogP) is 0.898. The predicted molar refractivity (Wildman–Crippen MR) is 75.3 cm³/mol. The highest BCUT2D eigenvalue weighted by Crippen LogP contribution is 2.19. The highest BCUT2D eigenvalue weighted by atomic mass is 32.2. The molecule has 1 saturated heterocycles. The molecule has 1 aliphatic rings. The van der Waals surface area contributed by atoms with Gasteiger partial charge in [0.2, 0.25) is 10.0 Å². The third-order valence-corrected chi connectivity index (χ3v) is 4.19. The Morgan fingerprint density at radius 1 is 1.30 bits per heavy atom. The smallest absolute Gasteiger partial charge is 0.320 e. The van der Waals surface area contributed by atoms with Crippen LogP contribution in [-0.4, -0.2) is 43.3 Å². The van der Waals surface area contributed by atoms with Crippen molar-refractivity contribution in [2.45, 2.75) is 19.3 Å². The van der Waals surface area contributed by atoms with Gasteiger partial charge in [-0.1, -0.05) is 0 Å². The summed E-state index contributed by atoms with van der Waals surface area (Å²) in [6.07, 6.45) is 4.90. The maximum absolute atomic E-state index is 11.5. The SMILES string of the molecule is O=C(O)CS(=O)(=O)Nc1ccc(N2CCCCC2)nc1. The van der Waals surface area contributed by atoms with Crippen LogP contribution in [-0.2, 0) is 14.8 Å². The van der Waals surface area contributed by atoms with E-state index in [9.17, 15) is 13.2 Å². The molecule has 110 valence electrons. The van der Waals surface area contributed by atoms with Gasteiger partial charge in [-0.15, -0.1) is 0 Å². The highest BCUT2D eigenvalue weighted by Gasteiger charge is 2.16. The van der Waals surface area contributed by atoms with Crippen molar-refractivity contribution in [1.29, 1.82) is 0 Å². The Kier molecular flexibility index (Phi) is 4.43. The second-order valence-corrected chi connectivity index (χ2v) is 6.43. The first-order valence-corrected chi connectivity index (χ1v) is 8.05. The Bertz CT molecular complexity index is 565. The Hall–Kier alpha value is -1.83. The molecule has 1 fully saturated rings. The highest BCUT2D eigenvalue weighted by molar-refractivity contribution is 7.93. The van der Waals surface area contributed by atoms with Crippen LogP contribution < -0.4 is 9.62 Å². The summed E-state index contributed by atoms with van der Waals surface area (Å²) in [5, 5.41) is 8.50. The van der Waals surface area contributed by atoms with Crippen LogP contribution in [0.4, 0.5) is 11.5 Å². The van der Waals surface area contributed by atoms with Crippen LogP contribution in [0.2, 0.25) is 0 Å². The van der Waals surface area contributed by atoms with E-state index in [1.807, 2.05) is 0 Å². The summed E-state index contributed by atoms with van der Waals surface area (Å²) in [4.78, 5) is 16.8. The molecule has 0 radical (unpaired) electrons. The summed E-state index contributed by atoms with van der Waals surface area (Å²) in [5.74, 6) is -1.54. The van der Waals surface area contributed by atoms with E-state index in [-0.39, 0.29) is 5.69 Å². The van der Waals surface area contributed by atoms with Gasteiger partial charge in [0, 0.05) is 13.1 Å². The number of hydrogen-bond donors (Lipinski definition) is 2. The molecule has 0 unspecified atom stereocenters. The number of carbonyl (C=O) groups is 1. The molecule has 0 spiro atoms. The summed E-state index contributed by atoms with van der Waals surface area (Å²) in [7, 11) is -3.87. The second kappa shape index (κ2) is 6.08. The molecule has 2 heterocycles. The third-order valence-electron chi connectivity index (χ3n) is 3.01. The first-order valence-electron chi connectivity index (χ1n) is 6.39. The van der Waals surface area contributed by atoms with E-state index in [4.69, 9.17) is 5.11 Å². The van der Waals surface area contributed by atoms with Crippen LogP contribution >= 0.6 is 0 Å². The van der Waals surface area contributed by atoms with E-state index in [0.717, 1.165) is 31.7 Å². The number of nitrogens with zero attached hydrogens (tertiary/aromatic N) is 2. The monoisotopic (exact) mass is 299 g/mol. The van der Waals surface area contributed by atoms with Crippen molar-refractivity contribution in [2.24, 2.45) is 0 Å². The van der Waals surface area contributed by atoms with Gasteiger partial charge in [-0.05, 0) is 31.4 Å². The molecule has 1 aromatic rings. The van der Waals surface area contributed by atoms with Crippen LogP contribution in [0.15, 0.2) is 18.3 Å². The zero-order valence-corrected chi connectivity index (χ0v) is 11.8. The number of carboxylic acid groups (broad SMARTS) is 1. The molecule has 2 rings (SSSR count). The first-order chi connectivity index (χ1) is 9.46. The quantitative estimate of drug-likeness (QED) is 0.838. The number of sulfonamides is 1. The molecule has 1 aromatic heterocycles. The minimum Gasteiger partial charge on any atom is -0.480 e. The zero-order chi connectivity index (χ0) is 14.6. The topological polar surface area (TPSA) is 99.6 Å². The molecule has 0 aliphatic carbocycles. The van der Waals surface area contributed by atoms with Gasteiger partial charge in [0.25, 0.3) is 0 Å². The van der Waals surface area contributed by atoms with Crippen LogP contribution in [0.25, 0.3) is 0 Å². The van der Waals surface area contributed by atoms with Gasteiger partial charge >= 0.3 is 5.97 Å². The fourth-order valence-corrected chi connectivity index (χ4v) is 3.01. The van der Waals surface area contributed by atoms with E-state index in [1.165, 1.54) is 12.6 Å². The molecule has 2 N–H and O–H groups in total. The van der Waals surface area contributed by atoms with Crippen molar-refractivity contribution in [3.8, 4) is 0 Å². The van der Waals surface area contributed by atoms with Gasteiger partial charge in [-0.3, -0.25) is 9.52 Å². The Morgan fingerprint density at radius 2 is 2.00 bits per heavy atom. The van der Waals surface area contributed by atoms with Crippen LogP contribution in [0.5, 0.6) is 0 Å². The van der Waals surface area contributed by atoms with Crippen molar-refractivity contribution in [1.82, 2.24) is 4.98 Å². The number of anilines is 2. The Labute approximate surface area is 117 Å². The van der Waals surface area contributed by atoms with Crippen molar-refractivity contribution in [3.63, 3.8) is 0 Å². The van der Waals surface area contributed by atoms with Crippen molar-refractivity contribution in [3.05, 3.63) is 18.3 Å². The number of pyridine rings is 1. The molecule has 8 heteroatoms. The summed E-state index contributed by atoms with van der Waals surface area (Å²) < 4.78 is 25.1. The molecule has 0 amide bonds. The maximum atomic E-state index is 11.5. The molecule has 0 saturated carbocycles. The lowest BCUT2D eigenvalue weighted by Gasteiger charge is -2.27. The van der Waals surface area contributed by atoms with Crippen LogP contribution in [0.1, 0.15) is 19.3 Å².